The number of rotatable bonds is 4. The van der Waals surface area contributed by atoms with Crippen molar-refractivity contribution in [3.05, 3.63) is 65.2 Å². The molecule has 0 N–H and O–H groups in total. The number of carbonyl (C=O) groups excluding carboxylic acids is 2. The van der Waals surface area contributed by atoms with Gasteiger partial charge in [-0.3, -0.25) is 9.59 Å². The summed E-state index contributed by atoms with van der Waals surface area (Å²) in [5, 5.41) is 0.566. The lowest BCUT2D eigenvalue weighted by atomic mass is 10.1. The van der Waals surface area contributed by atoms with Gasteiger partial charge in [0.05, 0.1) is 7.11 Å². The summed E-state index contributed by atoms with van der Waals surface area (Å²) in [6, 6.07) is 12.1. The van der Waals surface area contributed by atoms with E-state index in [1.165, 1.54) is 11.0 Å². The molecule has 2 amide bonds. The molecule has 150 valence electrons. The number of hydrogen-bond acceptors (Lipinski definition) is 4. The number of para-hydroxylation sites is 1. The van der Waals surface area contributed by atoms with Gasteiger partial charge in [0.15, 0.2) is 17.2 Å². The first kappa shape index (κ1) is 19.0. The van der Waals surface area contributed by atoms with E-state index in [-0.39, 0.29) is 23.8 Å². The van der Waals surface area contributed by atoms with Crippen molar-refractivity contribution in [3.8, 4) is 5.75 Å². The second-order valence-electron chi connectivity index (χ2n) is 7.07. The first-order valence-electron chi connectivity index (χ1n) is 9.35. The highest BCUT2D eigenvalue weighted by Gasteiger charge is 2.31. The molecule has 2 aromatic carbocycles. The maximum Gasteiger partial charge on any atom is 0.290 e. The molecule has 1 saturated heterocycles. The third-order valence-electron chi connectivity index (χ3n) is 5.22. The lowest BCUT2D eigenvalue weighted by molar-refractivity contribution is -0.135. The predicted octanol–water partition coefficient (Wildman–Crippen LogP) is 3.37. The van der Waals surface area contributed by atoms with Crippen LogP contribution in [0.2, 0.25) is 0 Å². The number of ether oxygens (including phenoxy) is 1. The van der Waals surface area contributed by atoms with Crippen LogP contribution < -0.4 is 4.74 Å². The van der Waals surface area contributed by atoms with Crippen LogP contribution in [-0.4, -0.2) is 48.4 Å². The van der Waals surface area contributed by atoms with Crippen molar-refractivity contribution in [3.63, 3.8) is 0 Å². The third-order valence-corrected chi connectivity index (χ3v) is 5.22. The molecule has 29 heavy (non-hydrogen) atoms. The lowest BCUT2D eigenvalue weighted by Crippen LogP contribution is -2.51. The van der Waals surface area contributed by atoms with Gasteiger partial charge in [-0.2, -0.15) is 0 Å². The summed E-state index contributed by atoms with van der Waals surface area (Å²) in [6.07, 6.45) is 0. The highest BCUT2D eigenvalue weighted by molar-refractivity contribution is 6.00. The molecule has 1 aliphatic heterocycles. The fourth-order valence-electron chi connectivity index (χ4n) is 3.60. The molecular formula is C22H21FN2O4. The van der Waals surface area contributed by atoms with Gasteiger partial charge < -0.3 is 19.0 Å². The van der Waals surface area contributed by atoms with Crippen LogP contribution in [-0.2, 0) is 11.3 Å². The van der Waals surface area contributed by atoms with Gasteiger partial charge in [0, 0.05) is 30.6 Å². The smallest absolute Gasteiger partial charge is 0.290 e. The molecule has 0 bridgehead atoms. The first-order chi connectivity index (χ1) is 14.0. The maximum atomic E-state index is 14.0. The van der Waals surface area contributed by atoms with Crippen LogP contribution in [0.4, 0.5) is 4.39 Å². The van der Waals surface area contributed by atoms with E-state index < -0.39 is 11.7 Å². The Labute approximate surface area is 167 Å². The van der Waals surface area contributed by atoms with Crippen LogP contribution in [0.3, 0.4) is 0 Å². The second-order valence-corrected chi connectivity index (χ2v) is 7.07. The summed E-state index contributed by atoms with van der Waals surface area (Å²) in [4.78, 5) is 28.7. The Morgan fingerprint density at radius 2 is 2.00 bits per heavy atom. The number of hydrogen-bond donors (Lipinski definition) is 0. The Morgan fingerprint density at radius 3 is 2.72 bits per heavy atom. The number of aryl methyl sites for hydroxylation is 1. The van der Waals surface area contributed by atoms with Crippen molar-refractivity contribution >= 4 is 22.8 Å². The monoisotopic (exact) mass is 396 g/mol. The number of carbonyl (C=O) groups is 2. The number of benzene rings is 2. The average molecular weight is 396 g/mol. The van der Waals surface area contributed by atoms with Crippen LogP contribution in [0.5, 0.6) is 5.75 Å². The van der Waals surface area contributed by atoms with Crippen LogP contribution in [0.15, 0.2) is 46.9 Å². The third kappa shape index (κ3) is 3.55. The predicted molar refractivity (Wildman–Crippen MR) is 105 cm³/mol. The summed E-state index contributed by atoms with van der Waals surface area (Å²) in [5.41, 5.74) is 1.60. The highest BCUT2D eigenvalue weighted by Crippen LogP contribution is 2.28. The summed E-state index contributed by atoms with van der Waals surface area (Å²) in [6.45, 7) is 2.93. The van der Waals surface area contributed by atoms with Gasteiger partial charge in [-0.05, 0) is 30.7 Å². The van der Waals surface area contributed by atoms with Crippen LogP contribution >= 0.6 is 0 Å². The molecular weight excluding hydrogens is 375 g/mol. The van der Waals surface area contributed by atoms with E-state index in [1.54, 1.807) is 31.1 Å². The van der Waals surface area contributed by atoms with Gasteiger partial charge >= 0.3 is 0 Å². The molecule has 3 aromatic rings. The zero-order valence-corrected chi connectivity index (χ0v) is 16.3. The molecule has 0 spiro atoms. The molecule has 0 radical (unpaired) electrons. The fourth-order valence-corrected chi connectivity index (χ4v) is 3.60. The zero-order chi connectivity index (χ0) is 20.5. The number of nitrogens with zero attached hydrogens (tertiary/aromatic N) is 2. The Bertz CT molecular complexity index is 1090. The molecule has 4 rings (SSSR count). The van der Waals surface area contributed by atoms with Gasteiger partial charge in [-0.1, -0.05) is 24.3 Å². The molecule has 0 saturated carbocycles. The molecule has 0 atom stereocenters. The maximum absolute atomic E-state index is 14.0. The van der Waals surface area contributed by atoms with Crippen molar-refractivity contribution in [2.75, 3.05) is 26.7 Å². The van der Waals surface area contributed by atoms with E-state index in [0.717, 1.165) is 11.3 Å². The van der Waals surface area contributed by atoms with Crippen molar-refractivity contribution in [2.45, 2.75) is 13.5 Å². The number of piperazine rings is 1. The minimum Gasteiger partial charge on any atom is -0.497 e. The second kappa shape index (κ2) is 7.58. The van der Waals surface area contributed by atoms with Crippen LogP contribution in [0.1, 0.15) is 21.7 Å². The highest BCUT2D eigenvalue weighted by atomic mass is 19.1. The van der Waals surface area contributed by atoms with E-state index in [1.807, 2.05) is 24.3 Å². The molecule has 0 unspecified atom stereocenters. The van der Waals surface area contributed by atoms with Crippen molar-refractivity contribution < 1.29 is 23.1 Å². The van der Waals surface area contributed by atoms with Crippen molar-refractivity contribution in [2.24, 2.45) is 0 Å². The lowest BCUT2D eigenvalue weighted by Gasteiger charge is -2.34. The van der Waals surface area contributed by atoms with Gasteiger partial charge in [-0.15, -0.1) is 0 Å². The molecule has 7 heteroatoms. The molecule has 6 nitrogen and oxygen atoms in total. The number of halogens is 1. The Balaban J connectivity index is 1.48. The zero-order valence-electron chi connectivity index (χ0n) is 16.3. The standard InChI is InChI=1S/C22H21FN2O4/c1-14-17-7-4-8-18(23)21(17)29-20(14)22(27)25-10-9-24(19(26)13-25)12-15-5-3-6-16(11-15)28-2/h3-8,11H,9-10,12-13H2,1-2H3. The number of furan rings is 1. The molecule has 0 aliphatic carbocycles. The fraction of sp³-hybridized carbons (Fsp3) is 0.273. The summed E-state index contributed by atoms with van der Waals surface area (Å²) in [5.74, 6) is -0.237. The van der Waals surface area contributed by atoms with Gasteiger partial charge in [-0.25, -0.2) is 4.39 Å². The molecule has 1 aromatic heterocycles. The van der Waals surface area contributed by atoms with E-state index in [4.69, 9.17) is 9.15 Å². The van der Waals surface area contributed by atoms with Gasteiger partial charge in [0.25, 0.3) is 5.91 Å². The van der Waals surface area contributed by atoms with Gasteiger partial charge in [0.1, 0.15) is 12.3 Å². The number of fused-ring (bicyclic) bond motifs is 1. The Kier molecular flexibility index (Phi) is 4.96. The molecule has 1 aliphatic rings. The molecule has 2 heterocycles. The minimum absolute atomic E-state index is 0.0399. The van der Waals surface area contributed by atoms with Crippen LogP contribution in [0.25, 0.3) is 11.0 Å². The topological polar surface area (TPSA) is 63.0 Å². The Morgan fingerprint density at radius 1 is 1.21 bits per heavy atom. The van der Waals surface area contributed by atoms with Gasteiger partial charge in [0.2, 0.25) is 5.91 Å². The van der Waals surface area contributed by atoms with E-state index in [2.05, 4.69) is 0 Å². The average Bonchev–Trinajstić information content (AvgIpc) is 3.07. The van der Waals surface area contributed by atoms with Crippen LogP contribution in [0, 0.1) is 12.7 Å². The van der Waals surface area contributed by atoms with Crippen molar-refractivity contribution in [1.82, 2.24) is 9.80 Å². The SMILES string of the molecule is COc1cccc(CN2CCN(C(=O)c3oc4c(F)cccc4c3C)CC2=O)c1. The molecule has 1 fully saturated rings. The number of amides is 2. The minimum atomic E-state index is -0.510. The van der Waals surface area contributed by atoms with E-state index in [9.17, 15) is 14.0 Å². The summed E-state index contributed by atoms with van der Waals surface area (Å²) >= 11 is 0. The number of methoxy groups -OCH3 is 1. The largest absolute Gasteiger partial charge is 0.497 e. The quantitative estimate of drug-likeness (QED) is 0.678. The van der Waals surface area contributed by atoms with E-state index in [0.29, 0.717) is 30.6 Å². The Hall–Kier alpha value is -3.35. The first-order valence-corrected chi connectivity index (χ1v) is 9.35. The normalized spacial score (nSPS) is 14.5. The van der Waals surface area contributed by atoms with Crippen molar-refractivity contribution in [1.29, 1.82) is 0 Å². The summed E-state index contributed by atoms with van der Waals surface area (Å²) in [7, 11) is 1.60. The van der Waals surface area contributed by atoms with E-state index >= 15 is 0 Å². The summed E-state index contributed by atoms with van der Waals surface area (Å²) < 4.78 is 24.7.